The molecule has 1 aromatic carbocycles. The predicted molar refractivity (Wildman–Crippen MR) is 167 cm³/mol. The Morgan fingerprint density at radius 1 is 0.953 bits per heavy atom. The van der Waals surface area contributed by atoms with Crippen molar-refractivity contribution in [2.24, 2.45) is 0 Å². The summed E-state index contributed by atoms with van der Waals surface area (Å²) in [6.45, 7) is 4.01. The Morgan fingerprint density at radius 3 is 2.02 bits per heavy atom. The van der Waals surface area contributed by atoms with Gasteiger partial charge in [-0.25, -0.2) is 0 Å². The normalized spacial score (nSPS) is 12.2. The van der Waals surface area contributed by atoms with E-state index in [1.165, 1.54) is 4.90 Å². The van der Waals surface area contributed by atoms with E-state index >= 15 is 0 Å². The van der Waals surface area contributed by atoms with Gasteiger partial charge in [-0.3, -0.25) is 19.7 Å². The van der Waals surface area contributed by atoms with Crippen LogP contribution in [0.5, 0.6) is 11.5 Å². The fourth-order valence-corrected chi connectivity index (χ4v) is 3.64. The van der Waals surface area contributed by atoms with Gasteiger partial charge in [-0.15, -0.1) is 0 Å². The molecule has 0 unspecified atom stereocenters. The van der Waals surface area contributed by atoms with E-state index in [9.17, 15) is 35.2 Å². The number of phenols is 2. The van der Waals surface area contributed by atoms with E-state index in [-0.39, 0.29) is 37.3 Å². The zero-order valence-electron chi connectivity index (χ0n) is 24.9. The van der Waals surface area contributed by atoms with E-state index in [1.54, 1.807) is 13.0 Å². The molecule has 0 aromatic heterocycles. The Kier molecular flexibility index (Phi) is 18.3. The molecule has 0 fully saturated rings. The van der Waals surface area contributed by atoms with E-state index < -0.39 is 34.0 Å². The summed E-state index contributed by atoms with van der Waals surface area (Å²) >= 11 is 0. The van der Waals surface area contributed by atoms with Crippen LogP contribution in [0.2, 0.25) is 0 Å². The van der Waals surface area contributed by atoms with Crippen LogP contribution in [0.25, 0.3) is 6.08 Å². The summed E-state index contributed by atoms with van der Waals surface area (Å²) in [5, 5.41) is 39.9. The molecule has 2 N–H and O–H groups in total. The Morgan fingerprint density at radius 2 is 1.51 bits per heavy atom. The average molecular weight is 592 g/mol. The quantitative estimate of drug-likeness (QED) is 0.0337. The number of carbonyl (C=O) groups excluding carboxylic acids is 2. The highest BCUT2D eigenvalue weighted by atomic mass is 16.6. The van der Waals surface area contributed by atoms with Crippen LogP contribution >= 0.6 is 0 Å². The minimum atomic E-state index is -0.912. The molecule has 0 heterocycles. The SMILES string of the molecule is CC/C=C\C/C=C\C/C=C\C/C=C\C/C=C\CCC(=O)OCCN(CC)C(=O)/C(C#N)=C/c1cc(O)c(O)c([N+](=O)[O-])c1. The molecule has 230 valence electrons. The van der Waals surface area contributed by atoms with Crippen molar-refractivity contribution in [1.82, 2.24) is 4.90 Å². The third-order valence-electron chi connectivity index (χ3n) is 5.92. The lowest BCUT2D eigenvalue weighted by Gasteiger charge is -2.20. The third-order valence-corrected chi connectivity index (χ3v) is 5.92. The van der Waals surface area contributed by atoms with Gasteiger partial charge >= 0.3 is 11.7 Å². The van der Waals surface area contributed by atoms with Gasteiger partial charge in [-0.1, -0.05) is 67.7 Å². The number of benzene rings is 1. The predicted octanol–water partition coefficient (Wildman–Crippen LogP) is 6.84. The number of nitrogens with zero attached hydrogens (tertiary/aromatic N) is 3. The first-order valence-electron chi connectivity index (χ1n) is 14.3. The lowest BCUT2D eigenvalue weighted by molar-refractivity contribution is -0.386. The molecule has 0 saturated carbocycles. The van der Waals surface area contributed by atoms with Crippen molar-refractivity contribution in [3.8, 4) is 17.6 Å². The Labute approximate surface area is 253 Å². The van der Waals surface area contributed by atoms with Crippen LogP contribution < -0.4 is 0 Å². The van der Waals surface area contributed by atoms with Crippen molar-refractivity contribution in [2.45, 2.75) is 58.8 Å². The van der Waals surface area contributed by atoms with Gasteiger partial charge < -0.3 is 19.8 Å². The van der Waals surface area contributed by atoms with Crippen LogP contribution in [0, 0.1) is 21.4 Å². The number of nitro groups is 1. The van der Waals surface area contributed by atoms with E-state index in [2.05, 4.69) is 55.5 Å². The molecule has 10 nitrogen and oxygen atoms in total. The van der Waals surface area contributed by atoms with Crippen molar-refractivity contribution in [1.29, 1.82) is 5.26 Å². The van der Waals surface area contributed by atoms with Crippen molar-refractivity contribution in [2.75, 3.05) is 19.7 Å². The molecule has 0 spiro atoms. The fraction of sp³-hybridized carbons (Fsp3) is 0.364. The molecule has 0 radical (unpaired) electrons. The lowest BCUT2D eigenvalue weighted by Crippen LogP contribution is -2.35. The molecule has 0 aliphatic heterocycles. The molecule has 1 rings (SSSR count). The fourth-order valence-electron chi connectivity index (χ4n) is 3.64. The van der Waals surface area contributed by atoms with Crippen LogP contribution in [0.4, 0.5) is 5.69 Å². The molecule has 0 aliphatic carbocycles. The first-order valence-corrected chi connectivity index (χ1v) is 14.3. The van der Waals surface area contributed by atoms with Gasteiger partial charge in [0, 0.05) is 19.0 Å². The molecule has 43 heavy (non-hydrogen) atoms. The van der Waals surface area contributed by atoms with Crippen molar-refractivity contribution in [3.05, 3.63) is 94.1 Å². The lowest BCUT2D eigenvalue weighted by atomic mass is 10.1. The Bertz CT molecular complexity index is 1280. The number of rotatable bonds is 19. The van der Waals surface area contributed by atoms with Gasteiger partial charge in [-0.2, -0.15) is 5.26 Å². The number of ether oxygens (including phenoxy) is 1. The zero-order valence-corrected chi connectivity index (χ0v) is 24.9. The van der Waals surface area contributed by atoms with Gasteiger partial charge in [0.15, 0.2) is 5.75 Å². The molecule has 0 saturated heterocycles. The second-order valence-electron chi connectivity index (χ2n) is 9.19. The van der Waals surface area contributed by atoms with Gasteiger partial charge in [0.25, 0.3) is 5.91 Å². The van der Waals surface area contributed by atoms with E-state index in [4.69, 9.17) is 4.74 Å². The summed E-state index contributed by atoms with van der Waals surface area (Å²) in [5.74, 6) is -2.75. The Hall–Kier alpha value is -4.91. The highest BCUT2D eigenvalue weighted by Gasteiger charge is 2.21. The van der Waals surface area contributed by atoms with Crippen molar-refractivity contribution >= 4 is 23.6 Å². The number of phenolic OH excluding ortho intramolecular Hbond substituents is 2. The maximum Gasteiger partial charge on any atom is 0.315 e. The largest absolute Gasteiger partial charge is 0.504 e. The average Bonchev–Trinajstić information content (AvgIpc) is 2.99. The second-order valence-corrected chi connectivity index (χ2v) is 9.19. The number of hydrogen-bond acceptors (Lipinski definition) is 8. The number of hydrogen-bond donors (Lipinski definition) is 2. The summed E-state index contributed by atoms with van der Waals surface area (Å²) in [4.78, 5) is 36.3. The first kappa shape index (κ1) is 36.1. The molecule has 0 atom stereocenters. The number of carbonyl (C=O) groups is 2. The topological polar surface area (TPSA) is 154 Å². The molecule has 10 heteroatoms. The monoisotopic (exact) mass is 591 g/mol. The minimum Gasteiger partial charge on any atom is -0.504 e. The van der Waals surface area contributed by atoms with Gasteiger partial charge in [0.1, 0.15) is 18.2 Å². The highest BCUT2D eigenvalue weighted by Crippen LogP contribution is 2.36. The summed E-state index contributed by atoms with van der Waals surface area (Å²) in [6, 6.07) is 3.69. The van der Waals surface area contributed by atoms with Crippen LogP contribution in [-0.4, -0.2) is 51.6 Å². The number of nitro benzene ring substituents is 1. The number of esters is 1. The number of aromatic hydroxyl groups is 2. The van der Waals surface area contributed by atoms with Crippen LogP contribution in [0.3, 0.4) is 0 Å². The van der Waals surface area contributed by atoms with E-state index in [1.807, 2.05) is 12.2 Å². The van der Waals surface area contributed by atoms with Gasteiger partial charge in [0.2, 0.25) is 5.75 Å². The molecule has 0 aliphatic rings. The summed E-state index contributed by atoms with van der Waals surface area (Å²) < 4.78 is 5.22. The van der Waals surface area contributed by atoms with Crippen LogP contribution in [-0.2, 0) is 14.3 Å². The number of nitriles is 1. The zero-order chi connectivity index (χ0) is 31.9. The number of allylic oxidation sites excluding steroid dienone is 10. The van der Waals surface area contributed by atoms with Crippen LogP contribution in [0.1, 0.15) is 64.4 Å². The maximum atomic E-state index is 12.8. The maximum absolute atomic E-state index is 12.8. The Balaban J connectivity index is 2.40. The second kappa shape index (κ2) is 21.8. The molecular formula is C33H41N3O7. The molecular weight excluding hydrogens is 550 g/mol. The van der Waals surface area contributed by atoms with E-state index in [0.717, 1.165) is 50.3 Å². The van der Waals surface area contributed by atoms with Crippen molar-refractivity contribution < 1.29 is 29.5 Å². The highest BCUT2D eigenvalue weighted by molar-refractivity contribution is 6.01. The number of likely N-dealkylation sites (N-methyl/N-ethyl adjacent to an activating group) is 1. The summed E-state index contributed by atoms with van der Waals surface area (Å²) in [6.07, 6.45) is 27.4. The third kappa shape index (κ3) is 15.0. The van der Waals surface area contributed by atoms with Crippen LogP contribution in [0.15, 0.2) is 78.5 Å². The summed E-state index contributed by atoms with van der Waals surface area (Å²) in [5.41, 5.74) is -1.12. The van der Waals surface area contributed by atoms with E-state index in [0.29, 0.717) is 6.42 Å². The molecule has 0 bridgehead atoms. The van der Waals surface area contributed by atoms with Gasteiger partial charge in [-0.05, 0) is 63.2 Å². The van der Waals surface area contributed by atoms with Crippen molar-refractivity contribution in [3.63, 3.8) is 0 Å². The summed E-state index contributed by atoms with van der Waals surface area (Å²) in [7, 11) is 0. The van der Waals surface area contributed by atoms with Gasteiger partial charge in [0.05, 0.1) is 11.5 Å². The smallest absolute Gasteiger partial charge is 0.315 e. The number of amides is 1. The standard InChI is InChI=1S/C33H41N3O7/c1-3-5-6-7-8-9-10-11-12-13-14-15-16-17-18-19-20-31(38)43-22-21-35(4-2)33(40)28(26-34)23-27-24-29(36(41)42)32(39)30(37)25-27/h5-6,8-9,11-12,14-15,17-18,23-25,37,39H,3-4,7,10,13,16,19-22H2,1-2H3/b6-5-,9-8-,12-11-,15-14-,18-17-,28-23+. The first-order chi connectivity index (χ1) is 20.7. The molecule has 1 amide bonds. The molecule has 1 aromatic rings. The minimum absolute atomic E-state index is 0.00979.